The maximum atomic E-state index is 13.6. The van der Waals surface area contributed by atoms with Crippen molar-refractivity contribution >= 4 is 17.3 Å². The molecule has 7 heteroatoms. The number of rotatable bonds is 4. The molecule has 3 N–H and O–H groups in total. The molecule has 6 nitrogen and oxygen atoms in total. The number of benzene rings is 1. The third-order valence-electron chi connectivity index (χ3n) is 3.84. The largest absolute Gasteiger partial charge is 0.329 e. The zero-order valence-corrected chi connectivity index (χ0v) is 10.9. The highest BCUT2D eigenvalue weighted by molar-refractivity contribution is 5.96. The molecule has 20 heavy (non-hydrogen) atoms. The van der Waals surface area contributed by atoms with E-state index in [-0.39, 0.29) is 23.8 Å². The number of nitrogens with two attached hydrogens (primary N) is 1. The first-order valence-corrected chi connectivity index (χ1v) is 6.44. The molecule has 0 saturated heterocycles. The third-order valence-corrected chi connectivity index (χ3v) is 3.84. The standard InChI is InChI=1S/C13H16FN3O3/c14-10-4-3-9(17(19)20)7-11(10)16-12(18)13(8-15)5-1-2-6-13/h3-4,7H,1-2,5-6,8,15H2,(H,16,18). The summed E-state index contributed by atoms with van der Waals surface area (Å²) in [7, 11) is 0. The average molecular weight is 281 g/mol. The van der Waals surface area contributed by atoms with Crippen molar-refractivity contribution in [3.63, 3.8) is 0 Å². The topological polar surface area (TPSA) is 98.3 Å². The molecule has 1 aromatic carbocycles. The highest BCUT2D eigenvalue weighted by Crippen LogP contribution is 2.38. The first kappa shape index (κ1) is 14.4. The fraction of sp³-hybridized carbons (Fsp3) is 0.462. The summed E-state index contributed by atoms with van der Waals surface area (Å²) in [5.74, 6) is -1.06. The zero-order valence-electron chi connectivity index (χ0n) is 10.9. The molecule has 0 spiro atoms. The van der Waals surface area contributed by atoms with E-state index in [1.165, 1.54) is 0 Å². The Hall–Kier alpha value is -2.02. The summed E-state index contributed by atoms with van der Waals surface area (Å²) in [5.41, 5.74) is 4.55. The van der Waals surface area contributed by atoms with Crippen molar-refractivity contribution in [3.8, 4) is 0 Å². The molecular formula is C13H16FN3O3. The SMILES string of the molecule is NCC1(C(=O)Nc2cc([N+](=O)[O-])ccc2F)CCCC1. The van der Waals surface area contributed by atoms with Crippen molar-refractivity contribution in [1.82, 2.24) is 0 Å². The molecule has 0 aliphatic heterocycles. The zero-order chi connectivity index (χ0) is 14.8. The van der Waals surface area contributed by atoms with Gasteiger partial charge in [0.2, 0.25) is 5.91 Å². The van der Waals surface area contributed by atoms with Crippen LogP contribution in [-0.4, -0.2) is 17.4 Å². The van der Waals surface area contributed by atoms with Gasteiger partial charge in [0.15, 0.2) is 0 Å². The first-order chi connectivity index (χ1) is 9.48. The molecule has 108 valence electrons. The molecule has 1 aliphatic rings. The average Bonchev–Trinajstić information content (AvgIpc) is 2.91. The summed E-state index contributed by atoms with van der Waals surface area (Å²) in [6, 6.07) is 3.04. The number of carbonyl (C=O) groups is 1. The van der Waals surface area contributed by atoms with Crippen molar-refractivity contribution in [1.29, 1.82) is 0 Å². The van der Waals surface area contributed by atoms with Crippen LogP contribution in [0.15, 0.2) is 18.2 Å². The number of hydrogen-bond donors (Lipinski definition) is 2. The number of nitrogens with one attached hydrogen (secondary N) is 1. The van der Waals surface area contributed by atoms with Crippen molar-refractivity contribution in [2.45, 2.75) is 25.7 Å². The van der Waals surface area contributed by atoms with Crippen LogP contribution in [0.3, 0.4) is 0 Å². The maximum Gasteiger partial charge on any atom is 0.271 e. The van der Waals surface area contributed by atoms with Gasteiger partial charge in [-0.15, -0.1) is 0 Å². The second-order valence-electron chi connectivity index (χ2n) is 5.07. The number of non-ortho nitro benzene ring substituents is 1. The Morgan fingerprint density at radius 3 is 2.65 bits per heavy atom. The predicted octanol–water partition coefficient (Wildman–Crippen LogP) is 2.19. The number of nitro benzene ring substituents is 1. The van der Waals surface area contributed by atoms with Crippen molar-refractivity contribution in [2.24, 2.45) is 11.1 Å². The number of nitrogens with zero attached hydrogens (tertiary/aromatic N) is 1. The highest BCUT2D eigenvalue weighted by atomic mass is 19.1. The quantitative estimate of drug-likeness (QED) is 0.652. The van der Waals surface area contributed by atoms with Crippen molar-refractivity contribution in [3.05, 3.63) is 34.1 Å². The van der Waals surface area contributed by atoms with Crippen LogP contribution >= 0.6 is 0 Å². The van der Waals surface area contributed by atoms with Crippen LogP contribution in [0.1, 0.15) is 25.7 Å². The van der Waals surface area contributed by atoms with E-state index in [2.05, 4.69) is 5.32 Å². The van der Waals surface area contributed by atoms with E-state index in [1.54, 1.807) is 0 Å². The first-order valence-electron chi connectivity index (χ1n) is 6.44. The van der Waals surface area contributed by atoms with E-state index in [0.29, 0.717) is 12.8 Å². The van der Waals surface area contributed by atoms with Gasteiger partial charge in [0.05, 0.1) is 16.0 Å². The van der Waals surface area contributed by atoms with Gasteiger partial charge in [0, 0.05) is 18.7 Å². The van der Waals surface area contributed by atoms with Gasteiger partial charge in [0.1, 0.15) is 5.82 Å². The van der Waals surface area contributed by atoms with Crippen LogP contribution in [0, 0.1) is 21.3 Å². The van der Waals surface area contributed by atoms with Gasteiger partial charge in [-0.05, 0) is 18.9 Å². The van der Waals surface area contributed by atoms with Crippen LogP contribution in [0.2, 0.25) is 0 Å². The number of halogens is 1. The summed E-state index contributed by atoms with van der Waals surface area (Å²) in [4.78, 5) is 22.3. The van der Waals surface area contributed by atoms with E-state index in [0.717, 1.165) is 31.0 Å². The van der Waals surface area contributed by atoms with E-state index >= 15 is 0 Å². The lowest BCUT2D eigenvalue weighted by atomic mass is 9.85. The van der Waals surface area contributed by atoms with E-state index in [1.807, 2.05) is 0 Å². The Morgan fingerprint density at radius 1 is 1.45 bits per heavy atom. The Morgan fingerprint density at radius 2 is 2.10 bits per heavy atom. The summed E-state index contributed by atoms with van der Waals surface area (Å²) in [6.07, 6.45) is 3.13. The lowest BCUT2D eigenvalue weighted by Gasteiger charge is -2.25. The third kappa shape index (κ3) is 2.62. The van der Waals surface area contributed by atoms with Gasteiger partial charge in [0.25, 0.3) is 5.69 Å². The van der Waals surface area contributed by atoms with Gasteiger partial charge >= 0.3 is 0 Å². The van der Waals surface area contributed by atoms with Crippen LogP contribution < -0.4 is 11.1 Å². The Balaban J connectivity index is 2.23. The Bertz CT molecular complexity index is 542. The van der Waals surface area contributed by atoms with Crippen LogP contribution in [0.4, 0.5) is 15.8 Å². The van der Waals surface area contributed by atoms with E-state index in [4.69, 9.17) is 5.73 Å². The number of hydrogen-bond acceptors (Lipinski definition) is 4. The van der Waals surface area contributed by atoms with E-state index in [9.17, 15) is 19.3 Å². The molecule has 0 heterocycles. The van der Waals surface area contributed by atoms with Gasteiger partial charge in [-0.3, -0.25) is 14.9 Å². The molecule has 0 bridgehead atoms. The highest BCUT2D eigenvalue weighted by Gasteiger charge is 2.40. The molecule has 0 unspecified atom stereocenters. The van der Waals surface area contributed by atoms with E-state index < -0.39 is 16.2 Å². The number of anilines is 1. The molecule has 1 amide bonds. The summed E-state index contributed by atoms with van der Waals surface area (Å²) in [6.45, 7) is 0.190. The fourth-order valence-corrected chi connectivity index (χ4v) is 2.55. The van der Waals surface area contributed by atoms with Gasteiger partial charge in [-0.2, -0.15) is 0 Å². The number of nitro groups is 1. The molecule has 1 aliphatic carbocycles. The number of carbonyl (C=O) groups excluding carboxylic acids is 1. The minimum absolute atomic E-state index is 0.177. The predicted molar refractivity (Wildman–Crippen MR) is 71.6 cm³/mol. The van der Waals surface area contributed by atoms with Crippen LogP contribution in [0.5, 0.6) is 0 Å². The molecule has 0 radical (unpaired) electrons. The second kappa shape index (κ2) is 5.54. The maximum absolute atomic E-state index is 13.6. The molecule has 0 atom stereocenters. The molecule has 1 saturated carbocycles. The van der Waals surface area contributed by atoms with Gasteiger partial charge in [-0.25, -0.2) is 4.39 Å². The van der Waals surface area contributed by atoms with Crippen molar-refractivity contribution in [2.75, 3.05) is 11.9 Å². The lowest BCUT2D eigenvalue weighted by molar-refractivity contribution is -0.384. The lowest BCUT2D eigenvalue weighted by Crippen LogP contribution is -2.40. The Labute approximate surface area is 115 Å². The summed E-state index contributed by atoms with van der Waals surface area (Å²) in [5, 5.41) is 13.1. The number of amides is 1. The Kier molecular flexibility index (Phi) is 3.99. The summed E-state index contributed by atoms with van der Waals surface area (Å²) < 4.78 is 13.6. The molecule has 0 aromatic heterocycles. The van der Waals surface area contributed by atoms with Gasteiger partial charge in [-0.1, -0.05) is 12.8 Å². The smallest absolute Gasteiger partial charge is 0.271 e. The second-order valence-corrected chi connectivity index (χ2v) is 5.07. The van der Waals surface area contributed by atoms with Crippen LogP contribution in [0.25, 0.3) is 0 Å². The molecule has 1 aromatic rings. The minimum atomic E-state index is -0.700. The van der Waals surface area contributed by atoms with Crippen LogP contribution in [-0.2, 0) is 4.79 Å². The molecular weight excluding hydrogens is 265 g/mol. The monoisotopic (exact) mass is 281 g/mol. The van der Waals surface area contributed by atoms with Gasteiger partial charge < -0.3 is 11.1 Å². The molecule has 2 rings (SSSR count). The van der Waals surface area contributed by atoms with Crippen molar-refractivity contribution < 1.29 is 14.1 Å². The summed E-state index contributed by atoms with van der Waals surface area (Å²) >= 11 is 0. The fourth-order valence-electron chi connectivity index (χ4n) is 2.55. The minimum Gasteiger partial charge on any atom is -0.329 e. The normalized spacial score (nSPS) is 16.9. The molecule has 1 fully saturated rings.